The Hall–Kier alpha value is -2.34. The van der Waals surface area contributed by atoms with Crippen LogP contribution in [0.1, 0.15) is 23.6 Å². The van der Waals surface area contributed by atoms with Gasteiger partial charge in [-0.2, -0.15) is 18.4 Å². The summed E-state index contributed by atoms with van der Waals surface area (Å²) in [5.41, 5.74) is 2.36. The largest absolute Gasteiger partial charge is 0.507 e. The van der Waals surface area contributed by atoms with Crippen LogP contribution in [-0.2, 0) is 10.0 Å². The fraction of sp³-hybridized carbons (Fsp3) is 0.188. The third-order valence-corrected chi connectivity index (χ3v) is 4.61. The topological polar surface area (TPSA) is 78.8 Å². The Balaban J connectivity index is 2.32. The van der Waals surface area contributed by atoms with E-state index in [-0.39, 0.29) is 10.6 Å². The Labute approximate surface area is 130 Å². The van der Waals surface area contributed by atoms with Gasteiger partial charge in [0.1, 0.15) is 5.75 Å². The molecule has 0 bridgehead atoms. The molecule has 0 aliphatic heterocycles. The molecule has 0 aromatic heterocycles. The lowest BCUT2D eigenvalue weighted by Crippen LogP contribution is -2.21. The van der Waals surface area contributed by atoms with Crippen molar-refractivity contribution in [1.82, 2.24) is 4.83 Å². The van der Waals surface area contributed by atoms with Gasteiger partial charge in [-0.15, -0.1) is 0 Å². The molecule has 0 saturated heterocycles. The van der Waals surface area contributed by atoms with E-state index in [1.807, 2.05) is 13.0 Å². The molecule has 2 rings (SSSR count). The van der Waals surface area contributed by atoms with Crippen LogP contribution in [0.3, 0.4) is 0 Å². The second kappa shape index (κ2) is 6.19. The molecule has 5 nitrogen and oxygen atoms in total. The van der Waals surface area contributed by atoms with Crippen LogP contribution < -0.4 is 4.83 Å². The number of aromatic hydroxyl groups is 1. The molecule has 116 valence electrons. The SMILES string of the molecule is C/C(=N\NS(=O)(=O)c1cc(C)ccc1C)c1ccccc1O. The number of hydrazone groups is 1. The van der Waals surface area contributed by atoms with Gasteiger partial charge in [-0.3, -0.25) is 0 Å². The number of para-hydroxylation sites is 1. The van der Waals surface area contributed by atoms with Gasteiger partial charge in [-0.1, -0.05) is 24.3 Å². The monoisotopic (exact) mass is 318 g/mol. The summed E-state index contributed by atoms with van der Waals surface area (Å²) in [6.07, 6.45) is 0. The number of nitrogens with zero attached hydrogens (tertiary/aromatic N) is 1. The summed E-state index contributed by atoms with van der Waals surface area (Å²) in [7, 11) is -3.75. The number of rotatable bonds is 4. The van der Waals surface area contributed by atoms with E-state index in [0.29, 0.717) is 16.8 Å². The van der Waals surface area contributed by atoms with Crippen LogP contribution in [0.15, 0.2) is 52.5 Å². The van der Waals surface area contributed by atoms with Crippen molar-refractivity contribution in [2.75, 3.05) is 0 Å². The van der Waals surface area contributed by atoms with Gasteiger partial charge in [0.15, 0.2) is 0 Å². The number of hydrogen-bond donors (Lipinski definition) is 2. The first-order chi connectivity index (χ1) is 10.3. The predicted molar refractivity (Wildman–Crippen MR) is 86.6 cm³/mol. The van der Waals surface area contributed by atoms with Gasteiger partial charge >= 0.3 is 0 Å². The Morgan fingerprint density at radius 1 is 1.14 bits per heavy atom. The van der Waals surface area contributed by atoms with Crippen LogP contribution >= 0.6 is 0 Å². The Morgan fingerprint density at radius 3 is 2.50 bits per heavy atom. The van der Waals surface area contributed by atoms with Crippen molar-refractivity contribution in [2.24, 2.45) is 5.10 Å². The van der Waals surface area contributed by atoms with Crippen molar-refractivity contribution in [1.29, 1.82) is 0 Å². The highest BCUT2D eigenvalue weighted by molar-refractivity contribution is 7.89. The first-order valence-electron chi connectivity index (χ1n) is 6.73. The number of phenols is 1. The van der Waals surface area contributed by atoms with Crippen LogP contribution in [-0.4, -0.2) is 19.2 Å². The molecular formula is C16H18N2O3S. The van der Waals surface area contributed by atoms with Gasteiger partial charge in [0.05, 0.1) is 10.6 Å². The van der Waals surface area contributed by atoms with Gasteiger partial charge in [-0.05, 0) is 50.1 Å². The quantitative estimate of drug-likeness (QED) is 0.672. The molecule has 0 aliphatic carbocycles. The van der Waals surface area contributed by atoms with Crippen LogP contribution in [0.25, 0.3) is 0 Å². The van der Waals surface area contributed by atoms with Crippen molar-refractivity contribution in [3.8, 4) is 5.75 Å². The van der Waals surface area contributed by atoms with E-state index in [2.05, 4.69) is 9.93 Å². The summed E-state index contributed by atoms with van der Waals surface area (Å²) in [6.45, 7) is 5.18. The lowest BCUT2D eigenvalue weighted by Gasteiger charge is -2.09. The van der Waals surface area contributed by atoms with E-state index in [9.17, 15) is 13.5 Å². The van der Waals surface area contributed by atoms with Crippen molar-refractivity contribution in [3.05, 3.63) is 59.2 Å². The first kappa shape index (κ1) is 16.0. The van der Waals surface area contributed by atoms with E-state index in [0.717, 1.165) is 5.56 Å². The molecule has 2 aromatic rings. The number of sulfonamides is 1. The maximum atomic E-state index is 12.3. The van der Waals surface area contributed by atoms with Crippen LogP contribution in [0.5, 0.6) is 5.75 Å². The molecule has 0 atom stereocenters. The van der Waals surface area contributed by atoms with E-state index < -0.39 is 10.0 Å². The molecule has 6 heteroatoms. The van der Waals surface area contributed by atoms with E-state index >= 15 is 0 Å². The van der Waals surface area contributed by atoms with Crippen molar-refractivity contribution in [3.63, 3.8) is 0 Å². The molecule has 0 aliphatic rings. The number of benzene rings is 2. The van der Waals surface area contributed by atoms with Crippen LogP contribution in [0.2, 0.25) is 0 Å². The average Bonchev–Trinajstić information content (AvgIpc) is 2.48. The maximum absolute atomic E-state index is 12.3. The zero-order valence-corrected chi connectivity index (χ0v) is 13.5. The highest BCUT2D eigenvalue weighted by atomic mass is 32.2. The third kappa shape index (κ3) is 3.46. The maximum Gasteiger partial charge on any atom is 0.276 e. The average molecular weight is 318 g/mol. The minimum atomic E-state index is -3.75. The summed E-state index contributed by atoms with van der Waals surface area (Å²) in [5, 5.41) is 13.6. The summed E-state index contributed by atoms with van der Waals surface area (Å²) in [4.78, 5) is 2.41. The number of phenolic OH excluding ortho intramolecular Hbond substituents is 1. The van der Waals surface area contributed by atoms with E-state index in [4.69, 9.17) is 0 Å². The Kier molecular flexibility index (Phi) is 4.51. The molecule has 2 N–H and O–H groups in total. The van der Waals surface area contributed by atoms with Crippen molar-refractivity contribution >= 4 is 15.7 Å². The summed E-state index contributed by atoms with van der Waals surface area (Å²) in [5.74, 6) is 0.0506. The third-order valence-electron chi connectivity index (χ3n) is 3.26. The lowest BCUT2D eigenvalue weighted by molar-refractivity contribution is 0.474. The predicted octanol–water partition coefficient (Wildman–Crippen LogP) is 2.71. The first-order valence-corrected chi connectivity index (χ1v) is 8.21. The fourth-order valence-electron chi connectivity index (χ4n) is 2.01. The zero-order valence-electron chi connectivity index (χ0n) is 12.7. The smallest absolute Gasteiger partial charge is 0.276 e. The molecule has 0 spiro atoms. The van der Waals surface area contributed by atoms with Gasteiger partial charge in [0.2, 0.25) is 0 Å². The summed E-state index contributed by atoms with van der Waals surface area (Å²) < 4.78 is 24.7. The highest BCUT2D eigenvalue weighted by Crippen LogP contribution is 2.18. The molecule has 0 amide bonds. The van der Waals surface area contributed by atoms with Gasteiger partial charge < -0.3 is 5.11 Å². The van der Waals surface area contributed by atoms with E-state index in [1.54, 1.807) is 44.2 Å². The lowest BCUT2D eigenvalue weighted by atomic mass is 10.1. The molecule has 0 heterocycles. The van der Waals surface area contributed by atoms with Crippen LogP contribution in [0, 0.1) is 13.8 Å². The van der Waals surface area contributed by atoms with Gasteiger partial charge in [0, 0.05) is 5.56 Å². The van der Waals surface area contributed by atoms with Crippen molar-refractivity contribution in [2.45, 2.75) is 25.7 Å². The molecule has 2 aromatic carbocycles. The molecule has 0 unspecified atom stereocenters. The second-order valence-corrected chi connectivity index (χ2v) is 6.71. The second-order valence-electron chi connectivity index (χ2n) is 5.08. The van der Waals surface area contributed by atoms with Gasteiger partial charge in [-0.25, -0.2) is 0 Å². The molecule has 22 heavy (non-hydrogen) atoms. The normalized spacial score (nSPS) is 12.2. The van der Waals surface area contributed by atoms with Gasteiger partial charge in [0.25, 0.3) is 10.0 Å². The van der Waals surface area contributed by atoms with Crippen LogP contribution in [0.4, 0.5) is 0 Å². The molecule has 0 saturated carbocycles. The Morgan fingerprint density at radius 2 is 1.82 bits per heavy atom. The minimum Gasteiger partial charge on any atom is -0.507 e. The molecular weight excluding hydrogens is 300 g/mol. The number of hydrogen-bond acceptors (Lipinski definition) is 4. The molecule has 0 fully saturated rings. The highest BCUT2D eigenvalue weighted by Gasteiger charge is 2.16. The zero-order chi connectivity index (χ0) is 16.3. The standard InChI is InChI=1S/C16H18N2O3S/c1-11-8-9-12(2)16(10-11)22(20,21)18-17-13(3)14-6-4-5-7-15(14)19/h4-10,18-19H,1-3H3/b17-13+. The number of aryl methyl sites for hydroxylation is 2. The van der Waals surface area contributed by atoms with E-state index in [1.165, 1.54) is 6.07 Å². The summed E-state index contributed by atoms with van der Waals surface area (Å²) >= 11 is 0. The number of nitrogens with one attached hydrogen (secondary N) is 1. The van der Waals surface area contributed by atoms with Crippen molar-refractivity contribution < 1.29 is 13.5 Å². The summed E-state index contributed by atoms with van der Waals surface area (Å²) in [6, 6.07) is 11.8. The molecule has 0 radical (unpaired) electrons. The Bertz CT molecular complexity index is 827. The fourth-order valence-corrected chi connectivity index (χ4v) is 3.20. The minimum absolute atomic E-state index is 0.0506.